The fourth-order valence-electron chi connectivity index (χ4n) is 4.21. The van der Waals surface area contributed by atoms with Crippen molar-refractivity contribution in [3.63, 3.8) is 0 Å². The number of alkyl halides is 3. The van der Waals surface area contributed by atoms with E-state index in [1.54, 1.807) is 30.6 Å². The molecule has 1 atom stereocenters. The Morgan fingerprint density at radius 2 is 1.94 bits per heavy atom. The van der Waals surface area contributed by atoms with Gasteiger partial charge in [0.25, 0.3) is 0 Å². The fraction of sp³-hybridized carbons (Fsp3) is 0.409. The normalized spacial score (nSPS) is 17.5. The largest absolute Gasteiger partial charge is 0.431 e. The lowest BCUT2D eigenvalue weighted by Gasteiger charge is -2.28. The van der Waals surface area contributed by atoms with E-state index < -0.39 is 17.3 Å². The molecule has 164 valence electrons. The number of hydrogen-bond donors (Lipinski definition) is 0. The lowest BCUT2D eigenvalue weighted by atomic mass is 10.1. The minimum Gasteiger partial charge on any atom is -0.335 e. The zero-order chi connectivity index (χ0) is 22.2. The summed E-state index contributed by atoms with van der Waals surface area (Å²) in [6.45, 7) is 3.37. The number of halogens is 3. The molecule has 3 aromatic rings. The number of hydrogen-bond acceptors (Lipinski definition) is 5. The predicted octanol–water partition coefficient (Wildman–Crippen LogP) is 4.51. The minimum absolute atomic E-state index is 0.0756. The zero-order valence-electron chi connectivity index (χ0n) is 17.3. The Balaban J connectivity index is 1.69. The molecule has 5 nitrogen and oxygen atoms in total. The molecule has 9 heteroatoms. The SMILES string of the molecule is CSc1ncc(CN2CCC[C@@H]2Cn2c(C(F)(F)F)cc(=O)c3cc(C)ccc32)cn1. The second kappa shape index (κ2) is 8.63. The fourth-order valence-corrected chi connectivity index (χ4v) is 4.53. The Labute approximate surface area is 182 Å². The van der Waals surface area contributed by atoms with Crippen molar-refractivity contribution in [3.8, 4) is 0 Å². The molecule has 1 saturated heterocycles. The summed E-state index contributed by atoms with van der Waals surface area (Å²) in [7, 11) is 0. The van der Waals surface area contributed by atoms with Crippen LogP contribution < -0.4 is 5.43 Å². The van der Waals surface area contributed by atoms with Gasteiger partial charge in [-0.3, -0.25) is 9.69 Å². The molecule has 4 rings (SSSR count). The van der Waals surface area contributed by atoms with Gasteiger partial charge in [0.1, 0.15) is 5.69 Å². The van der Waals surface area contributed by atoms with Gasteiger partial charge in [-0.05, 0) is 44.7 Å². The van der Waals surface area contributed by atoms with Crippen LogP contribution in [0.4, 0.5) is 13.2 Å². The van der Waals surface area contributed by atoms with E-state index in [1.165, 1.54) is 16.3 Å². The molecule has 0 saturated carbocycles. The topological polar surface area (TPSA) is 51.0 Å². The molecule has 0 radical (unpaired) electrons. The molecule has 1 fully saturated rings. The number of rotatable bonds is 5. The van der Waals surface area contributed by atoms with Crippen molar-refractivity contribution in [2.75, 3.05) is 12.8 Å². The van der Waals surface area contributed by atoms with Crippen molar-refractivity contribution >= 4 is 22.7 Å². The van der Waals surface area contributed by atoms with Gasteiger partial charge < -0.3 is 4.57 Å². The van der Waals surface area contributed by atoms with E-state index >= 15 is 0 Å². The van der Waals surface area contributed by atoms with Crippen molar-refractivity contribution in [3.05, 3.63) is 63.7 Å². The molecule has 0 aliphatic carbocycles. The van der Waals surface area contributed by atoms with Gasteiger partial charge in [0.15, 0.2) is 10.6 Å². The Hall–Kier alpha value is -2.39. The van der Waals surface area contributed by atoms with E-state index in [9.17, 15) is 18.0 Å². The highest BCUT2D eigenvalue weighted by atomic mass is 32.2. The van der Waals surface area contributed by atoms with E-state index in [0.717, 1.165) is 36.6 Å². The average Bonchev–Trinajstić information content (AvgIpc) is 3.16. The van der Waals surface area contributed by atoms with Gasteiger partial charge in [-0.1, -0.05) is 23.4 Å². The minimum atomic E-state index is -4.61. The van der Waals surface area contributed by atoms with E-state index in [2.05, 4.69) is 14.9 Å². The number of pyridine rings is 1. The highest BCUT2D eigenvalue weighted by Gasteiger charge is 2.36. The van der Waals surface area contributed by atoms with Gasteiger partial charge in [-0.2, -0.15) is 13.2 Å². The monoisotopic (exact) mass is 448 g/mol. The van der Waals surface area contributed by atoms with Gasteiger partial charge in [0.05, 0.1) is 5.52 Å². The summed E-state index contributed by atoms with van der Waals surface area (Å²) < 4.78 is 42.8. The summed E-state index contributed by atoms with van der Waals surface area (Å²) in [5.74, 6) is 0. The smallest absolute Gasteiger partial charge is 0.335 e. The van der Waals surface area contributed by atoms with E-state index in [1.807, 2.05) is 13.2 Å². The zero-order valence-corrected chi connectivity index (χ0v) is 18.1. The molecular formula is C22H23F3N4OS. The van der Waals surface area contributed by atoms with Gasteiger partial charge >= 0.3 is 6.18 Å². The standard InChI is InChI=1S/C22H23F3N4OS/c1-14-5-6-18-17(8-14)19(30)9-20(22(23,24)25)29(18)13-16-4-3-7-28(16)12-15-10-26-21(31-2)27-11-15/h5-6,8-11,16H,3-4,7,12-13H2,1-2H3/t16-/m1/s1. The quantitative estimate of drug-likeness (QED) is 0.425. The number of fused-ring (bicyclic) bond motifs is 1. The molecule has 2 aromatic heterocycles. The third-order valence-electron chi connectivity index (χ3n) is 5.70. The molecule has 3 heterocycles. The number of nitrogens with zero attached hydrogens (tertiary/aromatic N) is 4. The first kappa shape index (κ1) is 21.8. The van der Waals surface area contributed by atoms with E-state index in [0.29, 0.717) is 22.6 Å². The first-order valence-corrected chi connectivity index (χ1v) is 11.3. The van der Waals surface area contributed by atoms with Crippen LogP contribution in [0.2, 0.25) is 0 Å². The van der Waals surface area contributed by atoms with Crippen LogP contribution in [-0.2, 0) is 19.3 Å². The van der Waals surface area contributed by atoms with Crippen molar-refractivity contribution < 1.29 is 13.2 Å². The van der Waals surface area contributed by atoms with Crippen LogP contribution >= 0.6 is 11.8 Å². The molecule has 0 bridgehead atoms. The Morgan fingerprint density at radius 1 is 1.19 bits per heavy atom. The van der Waals surface area contributed by atoms with Gasteiger partial charge in [0.2, 0.25) is 0 Å². The van der Waals surface area contributed by atoms with Crippen LogP contribution in [0.25, 0.3) is 10.9 Å². The summed E-state index contributed by atoms with van der Waals surface area (Å²) in [5, 5.41) is 1.00. The van der Waals surface area contributed by atoms with Crippen molar-refractivity contribution in [1.29, 1.82) is 0 Å². The summed E-state index contributed by atoms with van der Waals surface area (Å²) in [4.78, 5) is 23.2. The number of benzene rings is 1. The maximum absolute atomic E-state index is 13.8. The third kappa shape index (κ3) is 4.62. The number of aromatic nitrogens is 3. The lowest BCUT2D eigenvalue weighted by molar-refractivity contribution is -0.144. The molecule has 0 spiro atoms. The summed E-state index contributed by atoms with van der Waals surface area (Å²) >= 11 is 1.46. The first-order chi connectivity index (χ1) is 14.8. The molecule has 31 heavy (non-hydrogen) atoms. The summed E-state index contributed by atoms with van der Waals surface area (Å²) in [6.07, 6.45) is 2.54. The first-order valence-electron chi connectivity index (χ1n) is 10.1. The molecular weight excluding hydrogens is 425 g/mol. The van der Waals surface area contributed by atoms with Gasteiger partial charge in [0, 0.05) is 48.5 Å². The Kier molecular flexibility index (Phi) is 6.07. The van der Waals surface area contributed by atoms with Crippen LogP contribution in [0.5, 0.6) is 0 Å². The second-order valence-electron chi connectivity index (χ2n) is 7.87. The van der Waals surface area contributed by atoms with Crippen LogP contribution in [0, 0.1) is 6.92 Å². The van der Waals surface area contributed by atoms with Gasteiger partial charge in [-0.15, -0.1) is 0 Å². The molecule has 0 amide bonds. The highest BCUT2D eigenvalue weighted by Crippen LogP contribution is 2.32. The number of thioether (sulfide) groups is 1. The maximum Gasteiger partial charge on any atom is 0.431 e. The van der Waals surface area contributed by atoms with Crippen LogP contribution in [-0.4, -0.2) is 38.3 Å². The molecule has 0 N–H and O–H groups in total. The third-order valence-corrected chi connectivity index (χ3v) is 6.28. The van der Waals surface area contributed by atoms with Crippen LogP contribution in [0.1, 0.15) is 29.7 Å². The van der Waals surface area contributed by atoms with Crippen LogP contribution in [0.15, 0.2) is 46.6 Å². The van der Waals surface area contributed by atoms with Crippen molar-refractivity contribution in [2.24, 2.45) is 0 Å². The van der Waals surface area contributed by atoms with Crippen LogP contribution in [0.3, 0.4) is 0 Å². The number of aryl methyl sites for hydroxylation is 1. The van der Waals surface area contributed by atoms with E-state index in [-0.39, 0.29) is 12.6 Å². The molecule has 1 aromatic carbocycles. The predicted molar refractivity (Wildman–Crippen MR) is 115 cm³/mol. The summed E-state index contributed by atoms with van der Waals surface area (Å²) in [6, 6.07) is 5.68. The highest BCUT2D eigenvalue weighted by molar-refractivity contribution is 7.98. The average molecular weight is 449 g/mol. The Bertz CT molecular complexity index is 1140. The molecule has 0 unspecified atom stereocenters. The maximum atomic E-state index is 13.8. The summed E-state index contributed by atoms with van der Waals surface area (Å²) in [5.41, 5.74) is 0.600. The molecule has 1 aliphatic heterocycles. The Morgan fingerprint density at radius 3 is 2.61 bits per heavy atom. The molecule has 1 aliphatic rings. The second-order valence-corrected chi connectivity index (χ2v) is 8.64. The van der Waals surface area contributed by atoms with Crippen molar-refractivity contribution in [1.82, 2.24) is 19.4 Å². The number of likely N-dealkylation sites (tertiary alicyclic amines) is 1. The van der Waals surface area contributed by atoms with E-state index in [4.69, 9.17) is 0 Å². The lowest BCUT2D eigenvalue weighted by Crippen LogP contribution is -2.35. The van der Waals surface area contributed by atoms with Gasteiger partial charge in [-0.25, -0.2) is 9.97 Å². The van der Waals surface area contributed by atoms with Crippen molar-refractivity contribution in [2.45, 2.75) is 50.2 Å².